The molecule has 0 fully saturated rings. The molecule has 1 aliphatic carbocycles. The molecule has 138 valence electrons. The van der Waals surface area contributed by atoms with Crippen LogP contribution in [0.2, 0.25) is 0 Å². The zero-order valence-electron chi connectivity index (χ0n) is 15.5. The van der Waals surface area contributed by atoms with Crippen molar-refractivity contribution in [3.8, 4) is 5.75 Å². The van der Waals surface area contributed by atoms with Crippen LogP contribution in [0.3, 0.4) is 0 Å². The number of fused-ring (bicyclic) bond motifs is 1. The van der Waals surface area contributed by atoms with E-state index in [0.29, 0.717) is 13.0 Å². The van der Waals surface area contributed by atoms with E-state index >= 15 is 0 Å². The monoisotopic (exact) mass is 352 g/mol. The normalized spacial score (nSPS) is 12.3. The topological polar surface area (TPSA) is 46.5 Å². The van der Waals surface area contributed by atoms with E-state index < -0.39 is 5.97 Å². The fourth-order valence-corrected chi connectivity index (χ4v) is 3.05. The van der Waals surface area contributed by atoms with E-state index in [2.05, 4.69) is 24.8 Å². The molecule has 0 unspecified atom stereocenters. The van der Waals surface area contributed by atoms with Gasteiger partial charge in [-0.15, -0.1) is 6.58 Å². The van der Waals surface area contributed by atoms with Gasteiger partial charge in [-0.25, -0.2) is 0 Å². The van der Waals surface area contributed by atoms with Gasteiger partial charge >= 0.3 is 5.97 Å². The second-order valence-corrected chi connectivity index (χ2v) is 6.54. The van der Waals surface area contributed by atoms with Crippen molar-refractivity contribution in [3.63, 3.8) is 0 Å². The van der Waals surface area contributed by atoms with Gasteiger partial charge in [0, 0.05) is 6.42 Å². The van der Waals surface area contributed by atoms with Crippen LogP contribution >= 0.6 is 0 Å². The molecule has 0 atom stereocenters. The number of hydrogen-bond acceptors (Lipinski definition) is 2. The number of allylic oxidation sites excluding steroid dienone is 1. The second kappa shape index (κ2) is 10.4. The third-order valence-electron chi connectivity index (χ3n) is 4.37. The van der Waals surface area contributed by atoms with Crippen LogP contribution in [0, 0.1) is 0 Å². The maximum absolute atomic E-state index is 10.6. The summed E-state index contributed by atoms with van der Waals surface area (Å²) in [6.45, 7) is 5.82. The van der Waals surface area contributed by atoms with Gasteiger partial charge in [-0.2, -0.15) is 0 Å². The number of hydrogen-bond donors (Lipinski definition) is 1. The molecule has 2 aromatic rings. The van der Waals surface area contributed by atoms with Crippen molar-refractivity contribution in [2.45, 2.75) is 52.1 Å². The van der Waals surface area contributed by atoms with Crippen LogP contribution in [0.1, 0.15) is 48.4 Å². The standard InChI is InChI=1S/C20H22O3.C3H6/c21-20(22)12-8-15-6-10-19(11-7-15)23-14-16-5-9-17-3-1-2-4-18(17)13-16;1-3-2/h5-7,9-11,13H,1-4,8,12,14H2,(H,21,22);3H,1H2,2H3. The first-order chi connectivity index (χ1) is 12.6. The third-order valence-corrected chi connectivity index (χ3v) is 4.37. The van der Waals surface area contributed by atoms with E-state index in [9.17, 15) is 4.79 Å². The zero-order chi connectivity index (χ0) is 18.8. The Morgan fingerprint density at radius 2 is 1.69 bits per heavy atom. The number of carbonyl (C=O) groups is 1. The van der Waals surface area contributed by atoms with Crippen molar-refractivity contribution in [3.05, 3.63) is 77.4 Å². The lowest BCUT2D eigenvalue weighted by Crippen LogP contribution is -2.04. The van der Waals surface area contributed by atoms with Gasteiger partial charge in [0.2, 0.25) is 0 Å². The summed E-state index contributed by atoms with van der Waals surface area (Å²) >= 11 is 0. The number of aryl methyl sites for hydroxylation is 3. The molecule has 1 aliphatic rings. The maximum atomic E-state index is 10.6. The summed E-state index contributed by atoms with van der Waals surface area (Å²) in [6, 6.07) is 14.4. The molecule has 0 amide bonds. The summed E-state index contributed by atoms with van der Waals surface area (Å²) in [7, 11) is 0. The maximum Gasteiger partial charge on any atom is 0.303 e. The van der Waals surface area contributed by atoms with Crippen LogP contribution in [-0.2, 0) is 30.7 Å². The Labute approximate surface area is 156 Å². The molecule has 3 rings (SSSR count). The highest BCUT2D eigenvalue weighted by Crippen LogP contribution is 2.23. The van der Waals surface area contributed by atoms with Gasteiger partial charge < -0.3 is 9.84 Å². The average Bonchev–Trinajstić information content (AvgIpc) is 2.66. The summed E-state index contributed by atoms with van der Waals surface area (Å²) < 4.78 is 5.85. The van der Waals surface area contributed by atoms with Gasteiger partial charge in [0.25, 0.3) is 0 Å². The van der Waals surface area contributed by atoms with E-state index in [1.54, 1.807) is 6.08 Å². The second-order valence-electron chi connectivity index (χ2n) is 6.54. The number of ether oxygens (including phenoxy) is 1. The third kappa shape index (κ3) is 6.40. The first-order valence-electron chi connectivity index (χ1n) is 9.23. The predicted molar refractivity (Wildman–Crippen MR) is 106 cm³/mol. The van der Waals surface area contributed by atoms with Crippen LogP contribution < -0.4 is 4.74 Å². The predicted octanol–water partition coefficient (Wildman–Crippen LogP) is 5.35. The number of aliphatic carboxylic acids is 1. The number of benzene rings is 2. The minimum atomic E-state index is -0.766. The molecule has 0 radical (unpaired) electrons. The van der Waals surface area contributed by atoms with Gasteiger partial charge in [0.15, 0.2) is 0 Å². The molecule has 3 heteroatoms. The van der Waals surface area contributed by atoms with Crippen molar-refractivity contribution < 1.29 is 14.6 Å². The Balaban J connectivity index is 0.000000758. The quantitative estimate of drug-likeness (QED) is 0.713. The summed E-state index contributed by atoms with van der Waals surface area (Å²) in [4.78, 5) is 10.6. The highest BCUT2D eigenvalue weighted by Gasteiger charge is 2.09. The number of carboxylic acid groups (broad SMARTS) is 1. The molecule has 1 N–H and O–H groups in total. The van der Waals surface area contributed by atoms with Crippen molar-refractivity contribution in [1.29, 1.82) is 0 Å². The molecular formula is C23H28O3. The molecule has 0 saturated carbocycles. The van der Waals surface area contributed by atoms with Gasteiger partial charge in [0.1, 0.15) is 12.4 Å². The summed E-state index contributed by atoms with van der Waals surface area (Å²) in [6.07, 6.45) is 7.44. The summed E-state index contributed by atoms with van der Waals surface area (Å²) in [5, 5.41) is 8.70. The van der Waals surface area contributed by atoms with Crippen molar-refractivity contribution in [2.24, 2.45) is 0 Å². The molecule has 0 heterocycles. The van der Waals surface area contributed by atoms with Crippen LogP contribution in [-0.4, -0.2) is 11.1 Å². The van der Waals surface area contributed by atoms with Crippen LogP contribution in [0.25, 0.3) is 0 Å². The molecule has 0 aliphatic heterocycles. The van der Waals surface area contributed by atoms with Crippen LogP contribution in [0.15, 0.2) is 55.1 Å². The van der Waals surface area contributed by atoms with Gasteiger partial charge in [-0.1, -0.05) is 36.4 Å². The minimum absolute atomic E-state index is 0.162. The van der Waals surface area contributed by atoms with Crippen molar-refractivity contribution in [2.75, 3.05) is 0 Å². The van der Waals surface area contributed by atoms with Crippen LogP contribution in [0.5, 0.6) is 5.75 Å². The van der Waals surface area contributed by atoms with Gasteiger partial charge in [-0.05, 0) is 73.4 Å². The Morgan fingerprint density at radius 1 is 1.08 bits per heavy atom. The molecule has 3 nitrogen and oxygen atoms in total. The fraction of sp³-hybridized carbons (Fsp3) is 0.348. The average molecular weight is 352 g/mol. The highest BCUT2D eigenvalue weighted by atomic mass is 16.5. The Kier molecular flexibility index (Phi) is 7.94. The SMILES string of the molecule is C=CC.O=C(O)CCc1ccc(OCc2ccc3c(c2)CCCC3)cc1. The minimum Gasteiger partial charge on any atom is -0.489 e. The first-order valence-corrected chi connectivity index (χ1v) is 9.23. The van der Waals surface area contributed by atoms with E-state index in [1.807, 2.05) is 31.2 Å². The van der Waals surface area contributed by atoms with Gasteiger partial charge in [0.05, 0.1) is 0 Å². The molecule has 2 aromatic carbocycles. The Hall–Kier alpha value is -2.55. The van der Waals surface area contributed by atoms with Gasteiger partial charge in [-0.3, -0.25) is 4.79 Å². The van der Waals surface area contributed by atoms with E-state index in [-0.39, 0.29) is 6.42 Å². The smallest absolute Gasteiger partial charge is 0.303 e. The number of rotatable bonds is 6. The first kappa shape index (κ1) is 19.8. The lowest BCUT2D eigenvalue weighted by atomic mass is 9.90. The fourth-order valence-electron chi connectivity index (χ4n) is 3.05. The Bertz CT molecular complexity index is 717. The zero-order valence-corrected chi connectivity index (χ0v) is 15.5. The van der Waals surface area contributed by atoms with E-state index in [4.69, 9.17) is 9.84 Å². The molecular weight excluding hydrogens is 324 g/mol. The van der Waals surface area contributed by atoms with Crippen molar-refractivity contribution in [1.82, 2.24) is 0 Å². The van der Waals surface area contributed by atoms with Crippen LogP contribution in [0.4, 0.5) is 0 Å². The van der Waals surface area contributed by atoms with E-state index in [0.717, 1.165) is 11.3 Å². The number of carboxylic acids is 1. The lowest BCUT2D eigenvalue weighted by Gasteiger charge is -2.16. The molecule has 0 spiro atoms. The Morgan fingerprint density at radius 3 is 2.35 bits per heavy atom. The van der Waals surface area contributed by atoms with Crippen molar-refractivity contribution >= 4 is 5.97 Å². The summed E-state index contributed by atoms with van der Waals surface area (Å²) in [5.74, 6) is 0.0551. The largest absolute Gasteiger partial charge is 0.489 e. The molecule has 0 aromatic heterocycles. The van der Waals surface area contributed by atoms with E-state index in [1.165, 1.54) is 42.4 Å². The lowest BCUT2D eigenvalue weighted by molar-refractivity contribution is -0.136. The molecule has 26 heavy (non-hydrogen) atoms. The molecule has 0 bridgehead atoms. The summed E-state index contributed by atoms with van der Waals surface area (Å²) in [5.41, 5.74) is 5.19. The molecule has 0 saturated heterocycles. The highest BCUT2D eigenvalue weighted by molar-refractivity contribution is 5.67.